The van der Waals surface area contributed by atoms with Crippen LogP contribution in [0.1, 0.15) is 33.6 Å². The Morgan fingerprint density at radius 3 is 2.81 bits per heavy atom. The first-order valence-corrected chi connectivity index (χ1v) is 7.40. The highest BCUT2D eigenvalue weighted by Crippen LogP contribution is 2.28. The van der Waals surface area contributed by atoms with Gasteiger partial charge in [-0.2, -0.15) is 0 Å². The largest absolute Gasteiger partial charge is 0.491 e. The van der Waals surface area contributed by atoms with Gasteiger partial charge in [-0.25, -0.2) is 0 Å². The maximum absolute atomic E-state index is 11.0. The minimum atomic E-state index is -0.385. The van der Waals surface area contributed by atoms with E-state index in [1.165, 1.54) is 6.07 Å². The van der Waals surface area contributed by atoms with Gasteiger partial charge < -0.3 is 15.4 Å². The fourth-order valence-corrected chi connectivity index (χ4v) is 2.61. The molecule has 1 aliphatic heterocycles. The molecule has 0 aromatic heterocycles. The highest BCUT2D eigenvalue weighted by molar-refractivity contribution is 5.57. The third-order valence-electron chi connectivity index (χ3n) is 3.47. The van der Waals surface area contributed by atoms with Crippen molar-refractivity contribution in [3.63, 3.8) is 0 Å². The van der Waals surface area contributed by atoms with E-state index in [0.29, 0.717) is 17.8 Å². The molecule has 2 N–H and O–H groups in total. The van der Waals surface area contributed by atoms with Crippen LogP contribution >= 0.6 is 0 Å². The summed E-state index contributed by atoms with van der Waals surface area (Å²) in [7, 11) is 0. The number of piperidine rings is 1. The molecule has 0 radical (unpaired) electrons. The zero-order valence-electron chi connectivity index (χ0n) is 12.8. The SMILES string of the molecule is CC1CC(Nc2cc(OC(C)C)cc([N+](=O)[O-])c2)CCN1. The quantitative estimate of drug-likeness (QED) is 0.645. The number of non-ortho nitro benzene ring substituents is 1. The highest BCUT2D eigenvalue weighted by atomic mass is 16.6. The van der Waals surface area contributed by atoms with Crippen molar-refractivity contribution in [3.8, 4) is 5.75 Å². The van der Waals surface area contributed by atoms with Crippen LogP contribution in [-0.2, 0) is 0 Å². The van der Waals surface area contributed by atoms with E-state index < -0.39 is 0 Å². The predicted molar refractivity (Wildman–Crippen MR) is 83.0 cm³/mol. The zero-order chi connectivity index (χ0) is 15.4. The molecule has 1 fully saturated rings. The van der Waals surface area contributed by atoms with Crippen LogP contribution in [-0.4, -0.2) is 29.7 Å². The Hall–Kier alpha value is -1.82. The van der Waals surface area contributed by atoms with Gasteiger partial charge in [0.1, 0.15) is 5.75 Å². The Morgan fingerprint density at radius 1 is 1.43 bits per heavy atom. The van der Waals surface area contributed by atoms with Crippen molar-refractivity contribution in [3.05, 3.63) is 28.3 Å². The van der Waals surface area contributed by atoms with Gasteiger partial charge in [0.15, 0.2) is 0 Å². The maximum atomic E-state index is 11.0. The normalized spacial score (nSPS) is 22.1. The van der Waals surface area contributed by atoms with Crippen molar-refractivity contribution in [1.29, 1.82) is 0 Å². The molecule has 0 bridgehead atoms. The molecule has 6 nitrogen and oxygen atoms in total. The summed E-state index contributed by atoms with van der Waals surface area (Å²) in [6.45, 7) is 6.92. The fraction of sp³-hybridized carbons (Fsp3) is 0.600. The predicted octanol–water partition coefficient (Wildman–Crippen LogP) is 2.93. The third-order valence-corrected chi connectivity index (χ3v) is 3.47. The van der Waals surface area contributed by atoms with Crippen molar-refractivity contribution in [2.45, 2.75) is 51.8 Å². The van der Waals surface area contributed by atoms with Crippen LogP contribution in [0.25, 0.3) is 0 Å². The van der Waals surface area contributed by atoms with E-state index in [2.05, 4.69) is 17.6 Å². The Kier molecular flexibility index (Phi) is 5.01. The third kappa shape index (κ3) is 4.60. The number of hydrogen-bond acceptors (Lipinski definition) is 5. The molecule has 6 heteroatoms. The lowest BCUT2D eigenvalue weighted by atomic mass is 10.0. The Labute approximate surface area is 125 Å². The molecule has 21 heavy (non-hydrogen) atoms. The van der Waals surface area contributed by atoms with Gasteiger partial charge in [0.25, 0.3) is 5.69 Å². The van der Waals surface area contributed by atoms with E-state index >= 15 is 0 Å². The van der Waals surface area contributed by atoms with Gasteiger partial charge in [0.05, 0.1) is 17.1 Å². The number of nitro benzene ring substituents is 1. The van der Waals surface area contributed by atoms with Gasteiger partial charge in [-0.15, -0.1) is 0 Å². The second-order valence-electron chi connectivity index (χ2n) is 5.86. The van der Waals surface area contributed by atoms with E-state index in [1.54, 1.807) is 6.07 Å². The number of nitrogens with zero attached hydrogens (tertiary/aromatic N) is 1. The average molecular weight is 293 g/mol. The van der Waals surface area contributed by atoms with Crippen LogP contribution in [0.5, 0.6) is 5.75 Å². The molecule has 2 atom stereocenters. The van der Waals surface area contributed by atoms with Crippen LogP contribution in [0.3, 0.4) is 0 Å². The summed E-state index contributed by atoms with van der Waals surface area (Å²) in [5, 5.41) is 17.8. The lowest BCUT2D eigenvalue weighted by Crippen LogP contribution is -2.41. The first-order valence-electron chi connectivity index (χ1n) is 7.40. The number of ether oxygens (including phenoxy) is 1. The molecule has 0 amide bonds. The summed E-state index contributed by atoms with van der Waals surface area (Å²) in [5.74, 6) is 0.531. The number of nitro groups is 1. The molecule has 0 spiro atoms. The molecule has 116 valence electrons. The summed E-state index contributed by atoms with van der Waals surface area (Å²) in [6, 6.07) is 5.66. The maximum Gasteiger partial charge on any atom is 0.275 e. The standard InChI is InChI=1S/C15H23N3O3/c1-10(2)21-15-8-13(7-14(9-15)18(19)20)17-12-4-5-16-11(3)6-12/h7-12,16-17H,4-6H2,1-3H3. The second kappa shape index (κ2) is 6.76. The molecule has 0 saturated carbocycles. The van der Waals surface area contributed by atoms with E-state index in [0.717, 1.165) is 25.1 Å². The van der Waals surface area contributed by atoms with Crippen molar-refractivity contribution in [2.24, 2.45) is 0 Å². The molecular formula is C15H23N3O3. The molecule has 1 saturated heterocycles. The lowest BCUT2D eigenvalue weighted by Gasteiger charge is -2.29. The van der Waals surface area contributed by atoms with Crippen molar-refractivity contribution < 1.29 is 9.66 Å². The number of benzene rings is 1. The summed E-state index contributed by atoms with van der Waals surface area (Å²) in [4.78, 5) is 10.7. The molecule has 1 aromatic rings. The highest BCUT2D eigenvalue weighted by Gasteiger charge is 2.19. The van der Waals surface area contributed by atoms with Crippen molar-refractivity contribution >= 4 is 11.4 Å². The smallest absolute Gasteiger partial charge is 0.275 e. The van der Waals surface area contributed by atoms with E-state index in [1.807, 2.05) is 19.9 Å². The number of nitrogens with one attached hydrogen (secondary N) is 2. The summed E-state index contributed by atoms with van der Waals surface area (Å²) < 4.78 is 5.60. The first-order chi connectivity index (χ1) is 9.94. The molecule has 1 aromatic carbocycles. The minimum absolute atomic E-state index is 0.0150. The molecular weight excluding hydrogens is 270 g/mol. The van der Waals surface area contributed by atoms with Crippen LogP contribution in [0.2, 0.25) is 0 Å². The van der Waals surface area contributed by atoms with Crippen LogP contribution in [0, 0.1) is 10.1 Å². The monoisotopic (exact) mass is 293 g/mol. The Bertz CT molecular complexity index is 505. The zero-order valence-corrected chi connectivity index (χ0v) is 12.8. The minimum Gasteiger partial charge on any atom is -0.491 e. The van der Waals surface area contributed by atoms with Gasteiger partial charge in [-0.3, -0.25) is 10.1 Å². The topological polar surface area (TPSA) is 76.4 Å². The number of hydrogen-bond donors (Lipinski definition) is 2. The molecule has 2 rings (SSSR count). The van der Waals surface area contributed by atoms with Gasteiger partial charge in [-0.1, -0.05) is 0 Å². The van der Waals surface area contributed by atoms with Gasteiger partial charge in [0.2, 0.25) is 0 Å². The van der Waals surface area contributed by atoms with Crippen molar-refractivity contribution in [2.75, 3.05) is 11.9 Å². The Balaban J connectivity index is 2.16. The van der Waals surface area contributed by atoms with Crippen LogP contribution in [0.15, 0.2) is 18.2 Å². The van der Waals surface area contributed by atoms with Crippen LogP contribution in [0.4, 0.5) is 11.4 Å². The van der Waals surface area contributed by atoms with E-state index in [4.69, 9.17) is 4.74 Å². The van der Waals surface area contributed by atoms with Gasteiger partial charge >= 0.3 is 0 Å². The summed E-state index contributed by atoms with van der Waals surface area (Å²) in [6.07, 6.45) is 2.00. The van der Waals surface area contributed by atoms with Crippen molar-refractivity contribution in [1.82, 2.24) is 5.32 Å². The van der Waals surface area contributed by atoms with Gasteiger partial charge in [-0.05, 0) is 40.2 Å². The average Bonchev–Trinajstić information content (AvgIpc) is 2.37. The Morgan fingerprint density at radius 2 is 2.19 bits per heavy atom. The number of rotatable bonds is 5. The molecule has 2 unspecified atom stereocenters. The van der Waals surface area contributed by atoms with Gasteiger partial charge in [0, 0.05) is 29.9 Å². The van der Waals surface area contributed by atoms with E-state index in [-0.39, 0.29) is 16.7 Å². The second-order valence-corrected chi connectivity index (χ2v) is 5.86. The summed E-state index contributed by atoms with van der Waals surface area (Å²) >= 11 is 0. The van der Waals surface area contributed by atoms with E-state index in [9.17, 15) is 10.1 Å². The molecule has 0 aliphatic carbocycles. The first kappa shape index (κ1) is 15.6. The lowest BCUT2D eigenvalue weighted by molar-refractivity contribution is -0.384. The molecule has 1 heterocycles. The number of anilines is 1. The molecule has 1 aliphatic rings. The summed E-state index contributed by atoms with van der Waals surface area (Å²) in [5.41, 5.74) is 0.802. The van der Waals surface area contributed by atoms with Crippen LogP contribution < -0.4 is 15.4 Å². The fourth-order valence-electron chi connectivity index (χ4n) is 2.61.